The van der Waals surface area contributed by atoms with E-state index < -0.39 is 0 Å². The molecule has 2 aromatic rings. The lowest BCUT2D eigenvalue weighted by atomic mass is 10.1. The average molecular weight is 272 g/mol. The van der Waals surface area contributed by atoms with Crippen molar-refractivity contribution in [2.75, 3.05) is 10.6 Å². The molecule has 0 aliphatic heterocycles. The van der Waals surface area contributed by atoms with Gasteiger partial charge in [-0.15, -0.1) is 0 Å². The van der Waals surface area contributed by atoms with Crippen LogP contribution in [0.2, 0.25) is 0 Å². The normalized spacial score (nSPS) is 12.2. The second-order valence-electron chi connectivity index (χ2n) is 5.15. The third-order valence-electron chi connectivity index (χ3n) is 3.08. The van der Waals surface area contributed by atoms with Crippen LogP contribution < -0.4 is 10.6 Å². The zero-order valence-electron chi connectivity index (χ0n) is 12.0. The van der Waals surface area contributed by atoms with Crippen LogP contribution in [-0.4, -0.2) is 5.91 Å². The van der Waals surface area contributed by atoms with Crippen LogP contribution in [0.15, 0.2) is 47.3 Å². The van der Waals surface area contributed by atoms with Crippen molar-refractivity contribution in [2.45, 2.75) is 26.8 Å². The predicted octanol–water partition coefficient (Wildman–Crippen LogP) is 4.05. The molecule has 0 aliphatic rings. The minimum absolute atomic E-state index is 0.0185. The lowest BCUT2D eigenvalue weighted by Gasteiger charge is -2.15. The predicted molar refractivity (Wildman–Crippen MR) is 80.7 cm³/mol. The summed E-state index contributed by atoms with van der Waals surface area (Å²) in [5.74, 6) is -0.0125. The Morgan fingerprint density at radius 3 is 2.55 bits per heavy atom. The van der Waals surface area contributed by atoms with Crippen LogP contribution in [0, 0.1) is 5.92 Å². The Bertz CT molecular complexity index is 562. The van der Waals surface area contributed by atoms with E-state index in [2.05, 4.69) is 17.6 Å². The molecule has 0 fully saturated rings. The Kier molecular flexibility index (Phi) is 4.45. The quantitative estimate of drug-likeness (QED) is 0.863. The Morgan fingerprint density at radius 1 is 1.15 bits per heavy atom. The van der Waals surface area contributed by atoms with Crippen LogP contribution in [0.4, 0.5) is 11.4 Å². The lowest BCUT2D eigenvalue weighted by molar-refractivity contribution is -0.118. The van der Waals surface area contributed by atoms with Gasteiger partial charge in [0.05, 0.1) is 18.6 Å². The van der Waals surface area contributed by atoms with Gasteiger partial charge in [0, 0.05) is 22.9 Å². The molecule has 1 aromatic carbocycles. The first-order chi connectivity index (χ1) is 9.56. The lowest BCUT2D eigenvalue weighted by Crippen LogP contribution is -2.17. The Hall–Kier alpha value is -2.23. The number of amides is 1. The molecule has 1 heterocycles. The van der Waals surface area contributed by atoms with Crippen LogP contribution in [0.3, 0.4) is 0 Å². The van der Waals surface area contributed by atoms with E-state index in [0.29, 0.717) is 0 Å². The molecule has 20 heavy (non-hydrogen) atoms. The molecule has 106 valence electrons. The van der Waals surface area contributed by atoms with E-state index >= 15 is 0 Å². The molecule has 0 radical (unpaired) electrons. The number of benzene rings is 1. The van der Waals surface area contributed by atoms with Crippen molar-refractivity contribution >= 4 is 17.3 Å². The maximum absolute atomic E-state index is 11.7. The van der Waals surface area contributed by atoms with Crippen molar-refractivity contribution in [3.63, 3.8) is 0 Å². The number of rotatable bonds is 5. The minimum Gasteiger partial charge on any atom is -0.472 e. The van der Waals surface area contributed by atoms with Crippen molar-refractivity contribution < 1.29 is 9.21 Å². The molecule has 4 nitrogen and oxygen atoms in total. The van der Waals surface area contributed by atoms with Crippen LogP contribution in [0.5, 0.6) is 0 Å². The highest BCUT2D eigenvalue weighted by atomic mass is 16.3. The van der Waals surface area contributed by atoms with Crippen LogP contribution in [0.25, 0.3) is 0 Å². The fourth-order valence-electron chi connectivity index (χ4n) is 1.83. The molecule has 4 heteroatoms. The van der Waals surface area contributed by atoms with Crippen LogP contribution in [0.1, 0.15) is 32.4 Å². The first-order valence-corrected chi connectivity index (χ1v) is 6.76. The largest absolute Gasteiger partial charge is 0.472 e. The number of carbonyl (C=O) groups is 1. The van der Waals surface area contributed by atoms with E-state index in [-0.39, 0.29) is 17.9 Å². The maximum atomic E-state index is 11.7. The van der Waals surface area contributed by atoms with Crippen molar-refractivity contribution in [3.8, 4) is 0 Å². The Morgan fingerprint density at radius 2 is 1.90 bits per heavy atom. The highest BCUT2D eigenvalue weighted by Gasteiger charge is 2.09. The zero-order valence-corrected chi connectivity index (χ0v) is 12.0. The van der Waals surface area contributed by atoms with Gasteiger partial charge in [-0.25, -0.2) is 0 Å². The third kappa shape index (κ3) is 3.63. The highest BCUT2D eigenvalue weighted by Crippen LogP contribution is 2.22. The van der Waals surface area contributed by atoms with E-state index in [0.717, 1.165) is 16.9 Å². The van der Waals surface area contributed by atoms with E-state index in [9.17, 15) is 4.79 Å². The summed E-state index contributed by atoms with van der Waals surface area (Å²) in [7, 11) is 0. The van der Waals surface area contributed by atoms with Gasteiger partial charge in [0.1, 0.15) is 0 Å². The van der Waals surface area contributed by atoms with Gasteiger partial charge in [-0.05, 0) is 31.2 Å². The molecular weight excluding hydrogens is 252 g/mol. The smallest absolute Gasteiger partial charge is 0.226 e. The summed E-state index contributed by atoms with van der Waals surface area (Å²) >= 11 is 0. The summed E-state index contributed by atoms with van der Waals surface area (Å²) in [5, 5.41) is 6.27. The summed E-state index contributed by atoms with van der Waals surface area (Å²) in [4.78, 5) is 11.7. The van der Waals surface area contributed by atoms with Gasteiger partial charge in [-0.2, -0.15) is 0 Å². The van der Waals surface area contributed by atoms with E-state index in [4.69, 9.17) is 4.42 Å². The number of hydrogen-bond donors (Lipinski definition) is 2. The second-order valence-corrected chi connectivity index (χ2v) is 5.15. The molecule has 1 atom stereocenters. The first-order valence-electron chi connectivity index (χ1n) is 6.76. The van der Waals surface area contributed by atoms with Gasteiger partial charge < -0.3 is 15.1 Å². The summed E-state index contributed by atoms with van der Waals surface area (Å²) in [6, 6.07) is 9.78. The van der Waals surface area contributed by atoms with Crippen molar-refractivity contribution in [2.24, 2.45) is 5.92 Å². The fourth-order valence-corrected chi connectivity index (χ4v) is 1.83. The second kappa shape index (κ2) is 6.28. The zero-order chi connectivity index (χ0) is 14.5. The van der Waals surface area contributed by atoms with Gasteiger partial charge >= 0.3 is 0 Å². The van der Waals surface area contributed by atoms with Gasteiger partial charge in [-0.1, -0.05) is 19.9 Å². The van der Waals surface area contributed by atoms with E-state index in [1.807, 2.05) is 44.2 Å². The standard InChI is InChI=1S/C16H20N2O2/c1-11(2)16(19)18-15-6-4-5-14(9-15)17-12(3)13-7-8-20-10-13/h4-12,17H,1-3H3,(H,18,19). The van der Waals surface area contributed by atoms with Gasteiger partial charge in [0.25, 0.3) is 0 Å². The fraction of sp³-hybridized carbons (Fsp3) is 0.312. The molecule has 0 aliphatic carbocycles. The van der Waals surface area contributed by atoms with Gasteiger partial charge in [0.2, 0.25) is 5.91 Å². The summed E-state index contributed by atoms with van der Waals surface area (Å²) < 4.78 is 5.08. The highest BCUT2D eigenvalue weighted by molar-refractivity contribution is 5.92. The van der Waals surface area contributed by atoms with Crippen LogP contribution >= 0.6 is 0 Å². The molecule has 1 amide bonds. The molecule has 1 aromatic heterocycles. The molecular formula is C16H20N2O2. The summed E-state index contributed by atoms with van der Waals surface area (Å²) in [6.07, 6.45) is 3.38. The van der Waals surface area contributed by atoms with E-state index in [1.54, 1.807) is 12.5 Å². The number of furan rings is 1. The first kappa shape index (κ1) is 14.2. The van der Waals surface area contributed by atoms with Crippen LogP contribution in [-0.2, 0) is 4.79 Å². The maximum Gasteiger partial charge on any atom is 0.226 e. The topological polar surface area (TPSA) is 54.3 Å². The Balaban J connectivity index is 2.04. The van der Waals surface area contributed by atoms with Crippen molar-refractivity contribution in [3.05, 3.63) is 48.4 Å². The SMILES string of the molecule is CC(C)C(=O)Nc1cccc(NC(C)c2ccoc2)c1. The Labute approximate surface area is 119 Å². The number of nitrogens with one attached hydrogen (secondary N) is 2. The number of hydrogen-bond acceptors (Lipinski definition) is 3. The molecule has 0 spiro atoms. The van der Waals surface area contributed by atoms with Crippen molar-refractivity contribution in [1.82, 2.24) is 0 Å². The summed E-state index contributed by atoms with van der Waals surface area (Å²) in [6.45, 7) is 5.81. The number of anilines is 2. The molecule has 0 saturated carbocycles. The molecule has 0 saturated heterocycles. The van der Waals surface area contributed by atoms with Crippen molar-refractivity contribution in [1.29, 1.82) is 0 Å². The molecule has 0 bridgehead atoms. The third-order valence-corrected chi connectivity index (χ3v) is 3.08. The number of carbonyl (C=O) groups excluding carboxylic acids is 1. The molecule has 1 unspecified atom stereocenters. The molecule has 2 N–H and O–H groups in total. The molecule has 2 rings (SSSR count). The minimum atomic E-state index is -0.0310. The summed E-state index contributed by atoms with van der Waals surface area (Å²) in [5.41, 5.74) is 2.84. The van der Waals surface area contributed by atoms with Gasteiger partial charge in [-0.3, -0.25) is 4.79 Å². The van der Waals surface area contributed by atoms with Gasteiger partial charge in [0.15, 0.2) is 0 Å². The van der Waals surface area contributed by atoms with E-state index in [1.165, 1.54) is 0 Å². The monoisotopic (exact) mass is 272 g/mol. The average Bonchev–Trinajstić information content (AvgIpc) is 2.92.